The molecule has 20 heavy (non-hydrogen) atoms. The highest BCUT2D eigenvalue weighted by molar-refractivity contribution is 5.55. The topological polar surface area (TPSA) is 0 Å². The molecule has 1 fully saturated rings. The molecule has 0 N–H and O–H groups in total. The smallest absolute Gasteiger partial charge is 0.0236 e. The second-order valence-electron chi connectivity index (χ2n) is 6.72. The van der Waals surface area contributed by atoms with Crippen LogP contribution in [0.3, 0.4) is 0 Å². The minimum absolute atomic E-state index is 0.133. The first-order valence-electron chi connectivity index (χ1n) is 7.64. The van der Waals surface area contributed by atoms with Crippen molar-refractivity contribution in [2.24, 2.45) is 16.7 Å². The zero-order valence-electron chi connectivity index (χ0n) is 13.0. The fraction of sp³-hybridized carbons (Fsp3) is 0.400. The van der Waals surface area contributed by atoms with E-state index in [0.717, 1.165) is 0 Å². The first-order valence-corrected chi connectivity index (χ1v) is 7.64. The Labute approximate surface area is 123 Å². The van der Waals surface area contributed by atoms with Gasteiger partial charge in [0.05, 0.1) is 0 Å². The van der Waals surface area contributed by atoms with E-state index in [-0.39, 0.29) is 10.8 Å². The molecule has 0 radical (unpaired) electrons. The van der Waals surface area contributed by atoms with Crippen molar-refractivity contribution in [2.45, 2.75) is 34.1 Å². The van der Waals surface area contributed by atoms with Crippen LogP contribution < -0.4 is 0 Å². The minimum Gasteiger partial charge on any atom is -0.0653 e. The molecule has 0 spiro atoms. The van der Waals surface area contributed by atoms with Crippen LogP contribution in [0.25, 0.3) is 0 Å². The first kappa shape index (κ1) is 13.4. The van der Waals surface area contributed by atoms with Gasteiger partial charge >= 0.3 is 0 Å². The monoisotopic (exact) mass is 264 g/mol. The van der Waals surface area contributed by atoms with Crippen molar-refractivity contribution in [2.75, 3.05) is 0 Å². The van der Waals surface area contributed by atoms with E-state index in [2.05, 4.69) is 82.4 Å². The molecule has 0 amide bonds. The van der Waals surface area contributed by atoms with Gasteiger partial charge in [0, 0.05) is 10.8 Å². The van der Waals surface area contributed by atoms with Gasteiger partial charge in [0.1, 0.15) is 0 Å². The van der Waals surface area contributed by atoms with E-state index >= 15 is 0 Å². The van der Waals surface area contributed by atoms with E-state index in [0.29, 0.717) is 5.92 Å². The van der Waals surface area contributed by atoms with Gasteiger partial charge in [0.25, 0.3) is 0 Å². The lowest BCUT2D eigenvalue weighted by Gasteiger charge is -2.64. The standard InChI is InChI=1S/C20H24/c1-15(2)20-14-18-13-9-8-12-17(19(18,20)4)11-7-5-6-10-16(20)3/h5-13,15H,14H2,1-4H3/b6-5-,11-7+,16-10+. The van der Waals surface area contributed by atoms with Crippen molar-refractivity contribution < 1.29 is 0 Å². The highest BCUT2D eigenvalue weighted by atomic mass is 14.6. The maximum Gasteiger partial charge on any atom is 0.0236 e. The molecule has 0 aromatic carbocycles. The van der Waals surface area contributed by atoms with Crippen molar-refractivity contribution in [3.63, 3.8) is 0 Å². The van der Waals surface area contributed by atoms with Crippen LogP contribution in [-0.2, 0) is 0 Å². The first-order chi connectivity index (χ1) is 9.53. The van der Waals surface area contributed by atoms with Crippen molar-refractivity contribution in [1.82, 2.24) is 0 Å². The van der Waals surface area contributed by atoms with Gasteiger partial charge in [-0.2, -0.15) is 0 Å². The summed E-state index contributed by atoms with van der Waals surface area (Å²) in [6, 6.07) is 0. The Morgan fingerprint density at radius 1 is 0.950 bits per heavy atom. The number of rotatable bonds is 1. The summed E-state index contributed by atoms with van der Waals surface area (Å²) in [6.07, 6.45) is 21.3. The molecule has 1 saturated carbocycles. The third kappa shape index (κ3) is 1.48. The fourth-order valence-corrected chi connectivity index (χ4v) is 4.56. The molecule has 0 aromatic rings. The predicted octanol–water partition coefficient (Wildman–Crippen LogP) is 5.53. The van der Waals surface area contributed by atoms with Gasteiger partial charge in [-0.1, -0.05) is 86.6 Å². The van der Waals surface area contributed by atoms with Gasteiger partial charge in [-0.15, -0.1) is 0 Å². The lowest BCUT2D eigenvalue weighted by Crippen LogP contribution is -2.56. The van der Waals surface area contributed by atoms with Crippen LogP contribution in [0.15, 0.2) is 71.4 Å². The lowest BCUT2D eigenvalue weighted by molar-refractivity contribution is 0.0305. The fourth-order valence-electron chi connectivity index (χ4n) is 4.56. The van der Waals surface area contributed by atoms with Gasteiger partial charge in [0.2, 0.25) is 0 Å². The van der Waals surface area contributed by atoms with Gasteiger partial charge in [-0.05, 0) is 24.8 Å². The largest absolute Gasteiger partial charge is 0.0653 e. The summed E-state index contributed by atoms with van der Waals surface area (Å²) in [7, 11) is 0. The third-order valence-corrected chi connectivity index (χ3v) is 5.80. The predicted molar refractivity (Wildman–Crippen MR) is 87.3 cm³/mol. The van der Waals surface area contributed by atoms with Crippen molar-refractivity contribution in [3.8, 4) is 0 Å². The molecule has 2 atom stereocenters. The third-order valence-electron chi connectivity index (χ3n) is 5.80. The molecule has 0 bridgehead atoms. The van der Waals surface area contributed by atoms with Crippen LogP contribution in [0.5, 0.6) is 0 Å². The molecule has 0 aromatic heterocycles. The van der Waals surface area contributed by atoms with Crippen LogP contribution in [-0.4, -0.2) is 0 Å². The second kappa shape index (κ2) is 4.48. The summed E-state index contributed by atoms with van der Waals surface area (Å²) in [5.74, 6) is 0.627. The van der Waals surface area contributed by atoms with E-state index in [1.54, 1.807) is 5.57 Å². The van der Waals surface area contributed by atoms with Gasteiger partial charge in [0.15, 0.2) is 0 Å². The highest BCUT2D eigenvalue weighted by Gasteiger charge is 2.62. The average molecular weight is 264 g/mol. The van der Waals surface area contributed by atoms with Crippen LogP contribution in [0.1, 0.15) is 34.1 Å². The Balaban J connectivity index is 2.29. The quantitative estimate of drug-likeness (QED) is 0.584. The average Bonchev–Trinajstić information content (AvgIpc) is 2.49. The Morgan fingerprint density at radius 2 is 1.65 bits per heavy atom. The zero-order valence-corrected chi connectivity index (χ0v) is 13.0. The molecular weight excluding hydrogens is 240 g/mol. The summed E-state index contributed by atoms with van der Waals surface area (Å²) in [4.78, 5) is 0. The SMILES string of the molecule is C\C1=C/C=C\C=C\C2=CC=CC=C3CC1(C(C)C)C23C. The van der Waals surface area contributed by atoms with Crippen LogP contribution in [0, 0.1) is 16.7 Å². The Morgan fingerprint density at radius 3 is 2.40 bits per heavy atom. The van der Waals surface area contributed by atoms with Gasteiger partial charge in [-0.3, -0.25) is 0 Å². The molecule has 3 aliphatic rings. The lowest BCUT2D eigenvalue weighted by atomic mass is 9.39. The number of hydrogen-bond acceptors (Lipinski definition) is 0. The molecule has 0 saturated heterocycles. The molecule has 0 nitrogen and oxygen atoms in total. The molecule has 104 valence electrons. The van der Waals surface area contributed by atoms with Crippen LogP contribution in [0.2, 0.25) is 0 Å². The zero-order chi connectivity index (χ0) is 14.4. The molecular formula is C20H24. The maximum absolute atomic E-state index is 2.44. The van der Waals surface area contributed by atoms with E-state index < -0.39 is 0 Å². The van der Waals surface area contributed by atoms with E-state index in [9.17, 15) is 0 Å². The molecule has 2 unspecified atom stereocenters. The van der Waals surface area contributed by atoms with Crippen molar-refractivity contribution >= 4 is 0 Å². The molecule has 0 aliphatic heterocycles. The van der Waals surface area contributed by atoms with Crippen LogP contribution in [0.4, 0.5) is 0 Å². The van der Waals surface area contributed by atoms with Crippen LogP contribution >= 0.6 is 0 Å². The summed E-state index contributed by atoms with van der Waals surface area (Å²) in [5.41, 5.74) is 4.91. The maximum atomic E-state index is 2.44. The van der Waals surface area contributed by atoms with Crippen molar-refractivity contribution in [1.29, 1.82) is 0 Å². The van der Waals surface area contributed by atoms with Crippen molar-refractivity contribution in [3.05, 3.63) is 71.4 Å². The molecule has 3 aliphatic carbocycles. The molecule has 0 heteroatoms. The summed E-state index contributed by atoms with van der Waals surface area (Å²) in [6.45, 7) is 9.50. The van der Waals surface area contributed by atoms with Gasteiger partial charge in [-0.25, -0.2) is 0 Å². The van der Waals surface area contributed by atoms with E-state index in [1.165, 1.54) is 17.6 Å². The summed E-state index contributed by atoms with van der Waals surface area (Å²) < 4.78 is 0. The molecule has 3 rings (SSSR count). The normalized spacial score (nSPS) is 40.8. The number of allylic oxidation sites excluding steroid dienone is 12. The van der Waals surface area contributed by atoms with E-state index in [4.69, 9.17) is 0 Å². The summed E-state index contributed by atoms with van der Waals surface area (Å²) in [5, 5.41) is 0. The Bertz CT molecular complexity index is 604. The highest BCUT2D eigenvalue weighted by Crippen LogP contribution is 2.70. The molecule has 0 heterocycles. The Kier molecular flexibility index (Phi) is 3.01. The van der Waals surface area contributed by atoms with E-state index in [1.807, 2.05) is 0 Å². The minimum atomic E-state index is 0.133. The van der Waals surface area contributed by atoms with Gasteiger partial charge < -0.3 is 0 Å². The Hall–Kier alpha value is -1.56. The summed E-state index contributed by atoms with van der Waals surface area (Å²) >= 11 is 0. The second-order valence-corrected chi connectivity index (χ2v) is 6.72. The number of hydrogen-bond donors (Lipinski definition) is 0.